The van der Waals surface area contributed by atoms with E-state index in [4.69, 9.17) is 10.5 Å². The predicted octanol–water partition coefficient (Wildman–Crippen LogP) is 2.74. The number of benzene rings is 1. The van der Waals surface area contributed by atoms with Gasteiger partial charge in [0.2, 0.25) is 5.91 Å². The van der Waals surface area contributed by atoms with Gasteiger partial charge in [0.1, 0.15) is 5.75 Å². The summed E-state index contributed by atoms with van der Waals surface area (Å²) in [4.78, 5) is 11.1. The first kappa shape index (κ1) is 15.5. The van der Waals surface area contributed by atoms with E-state index in [1.165, 1.54) is 6.92 Å². The number of nitrogens with one attached hydrogen (secondary N) is 1. The fraction of sp³-hybridized carbons (Fsp3) is 0.533. The number of carbonyl (C=O) groups excluding carboxylic acids is 1. The van der Waals surface area contributed by atoms with E-state index in [9.17, 15) is 4.79 Å². The first-order valence-corrected chi connectivity index (χ1v) is 6.65. The highest BCUT2D eigenvalue weighted by molar-refractivity contribution is 5.88. The largest absolute Gasteiger partial charge is 0.496 e. The maximum Gasteiger partial charge on any atom is 0.221 e. The molecule has 0 aliphatic carbocycles. The van der Waals surface area contributed by atoms with Crippen LogP contribution in [-0.4, -0.2) is 19.6 Å². The van der Waals surface area contributed by atoms with Gasteiger partial charge in [-0.15, -0.1) is 0 Å². The molecule has 1 atom stereocenters. The van der Waals surface area contributed by atoms with Crippen molar-refractivity contribution in [1.82, 2.24) is 0 Å². The molecule has 0 saturated heterocycles. The third-order valence-electron chi connectivity index (χ3n) is 3.23. The molecule has 106 valence electrons. The minimum atomic E-state index is -0.0731. The summed E-state index contributed by atoms with van der Waals surface area (Å²) in [5, 5.41) is 2.81. The van der Waals surface area contributed by atoms with Crippen LogP contribution in [-0.2, 0) is 4.79 Å². The van der Waals surface area contributed by atoms with E-state index in [0.29, 0.717) is 18.4 Å². The van der Waals surface area contributed by atoms with Crippen LogP contribution in [0.2, 0.25) is 0 Å². The van der Waals surface area contributed by atoms with E-state index >= 15 is 0 Å². The summed E-state index contributed by atoms with van der Waals surface area (Å²) in [6, 6.07) is 5.73. The summed E-state index contributed by atoms with van der Waals surface area (Å²) in [6.07, 6.45) is 0.900. The monoisotopic (exact) mass is 264 g/mol. The van der Waals surface area contributed by atoms with Gasteiger partial charge in [-0.3, -0.25) is 4.79 Å². The minimum Gasteiger partial charge on any atom is -0.496 e. The SMILES string of the molecule is COc1ccc(NC(C)=O)cc1C(CCN)C(C)C. The molecule has 0 radical (unpaired) electrons. The highest BCUT2D eigenvalue weighted by atomic mass is 16.5. The molecule has 4 nitrogen and oxygen atoms in total. The van der Waals surface area contributed by atoms with E-state index in [2.05, 4.69) is 19.2 Å². The average molecular weight is 264 g/mol. The Labute approximate surface area is 115 Å². The first-order valence-electron chi connectivity index (χ1n) is 6.65. The Morgan fingerprint density at radius 2 is 2.11 bits per heavy atom. The quantitative estimate of drug-likeness (QED) is 0.830. The van der Waals surface area contributed by atoms with Gasteiger partial charge < -0.3 is 15.8 Å². The van der Waals surface area contributed by atoms with Crippen molar-refractivity contribution in [2.45, 2.75) is 33.1 Å². The number of anilines is 1. The van der Waals surface area contributed by atoms with Crippen molar-refractivity contribution in [3.8, 4) is 5.75 Å². The van der Waals surface area contributed by atoms with Crippen LogP contribution in [0.4, 0.5) is 5.69 Å². The molecule has 0 spiro atoms. The fourth-order valence-electron chi connectivity index (χ4n) is 2.33. The molecule has 1 rings (SSSR count). The van der Waals surface area contributed by atoms with Gasteiger partial charge >= 0.3 is 0 Å². The number of rotatable bonds is 6. The average Bonchev–Trinajstić information content (AvgIpc) is 2.34. The topological polar surface area (TPSA) is 64.3 Å². The van der Waals surface area contributed by atoms with Gasteiger partial charge in [-0.2, -0.15) is 0 Å². The van der Waals surface area contributed by atoms with Crippen LogP contribution >= 0.6 is 0 Å². The van der Waals surface area contributed by atoms with Crippen LogP contribution in [0.3, 0.4) is 0 Å². The molecule has 1 unspecified atom stereocenters. The van der Waals surface area contributed by atoms with E-state index in [-0.39, 0.29) is 5.91 Å². The number of methoxy groups -OCH3 is 1. The molecule has 4 heteroatoms. The Bertz CT molecular complexity index is 430. The second-order valence-electron chi connectivity index (χ2n) is 5.07. The Morgan fingerprint density at radius 3 is 2.58 bits per heavy atom. The van der Waals surface area contributed by atoms with Gasteiger partial charge in [-0.25, -0.2) is 0 Å². The molecular formula is C15H24N2O2. The lowest BCUT2D eigenvalue weighted by atomic mass is 9.85. The lowest BCUT2D eigenvalue weighted by Crippen LogP contribution is -2.14. The Hall–Kier alpha value is -1.55. The van der Waals surface area contributed by atoms with Crippen molar-refractivity contribution >= 4 is 11.6 Å². The van der Waals surface area contributed by atoms with Gasteiger partial charge in [0.05, 0.1) is 7.11 Å². The summed E-state index contributed by atoms with van der Waals surface area (Å²) in [6.45, 7) is 6.48. The predicted molar refractivity (Wildman–Crippen MR) is 78.5 cm³/mol. The van der Waals surface area contributed by atoms with E-state index in [1.807, 2.05) is 18.2 Å². The molecule has 0 saturated carbocycles. The van der Waals surface area contributed by atoms with Crippen molar-refractivity contribution in [3.63, 3.8) is 0 Å². The molecule has 0 aliphatic heterocycles. The summed E-state index contributed by atoms with van der Waals surface area (Å²) in [5.41, 5.74) is 7.61. The number of ether oxygens (including phenoxy) is 1. The van der Waals surface area contributed by atoms with Crippen molar-refractivity contribution in [2.75, 3.05) is 19.0 Å². The molecule has 19 heavy (non-hydrogen) atoms. The Balaban J connectivity index is 3.15. The van der Waals surface area contributed by atoms with Gasteiger partial charge in [-0.05, 0) is 48.6 Å². The molecular weight excluding hydrogens is 240 g/mol. The zero-order valence-corrected chi connectivity index (χ0v) is 12.2. The molecule has 0 aromatic heterocycles. The number of amides is 1. The van der Waals surface area contributed by atoms with Gasteiger partial charge in [0, 0.05) is 12.6 Å². The van der Waals surface area contributed by atoms with E-state index in [1.54, 1.807) is 7.11 Å². The van der Waals surface area contributed by atoms with Gasteiger partial charge in [-0.1, -0.05) is 13.8 Å². The number of hydrogen-bond acceptors (Lipinski definition) is 3. The van der Waals surface area contributed by atoms with Crippen LogP contribution in [0.25, 0.3) is 0 Å². The Kier molecular flexibility index (Phi) is 5.83. The maximum absolute atomic E-state index is 11.1. The fourth-order valence-corrected chi connectivity index (χ4v) is 2.33. The second kappa shape index (κ2) is 7.14. The van der Waals surface area contributed by atoms with E-state index < -0.39 is 0 Å². The third kappa shape index (κ3) is 4.24. The molecule has 0 fully saturated rings. The lowest BCUT2D eigenvalue weighted by molar-refractivity contribution is -0.114. The van der Waals surface area contributed by atoms with Crippen LogP contribution < -0.4 is 15.8 Å². The second-order valence-corrected chi connectivity index (χ2v) is 5.07. The summed E-state index contributed by atoms with van der Waals surface area (Å²) in [7, 11) is 1.66. The standard InChI is InChI=1S/C15H24N2O2/c1-10(2)13(7-8-16)14-9-12(17-11(3)18)5-6-15(14)19-4/h5-6,9-10,13H,7-8,16H2,1-4H3,(H,17,18). The number of carbonyl (C=O) groups is 1. The van der Waals surface area contributed by atoms with Gasteiger partial charge in [0.15, 0.2) is 0 Å². The van der Waals surface area contributed by atoms with Crippen LogP contribution in [0.15, 0.2) is 18.2 Å². The zero-order chi connectivity index (χ0) is 14.4. The van der Waals surface area contributed by atoms with Crippen LogP contribution in [0.1, 0.15) is 38.7 Å². The number of nitrogens with two attached hydrogens (primary N) is 1. The molecule has 0 bridgehead atoms. The molecule has 0 aliphatic rings. The molecule has 1 amide bonds. The van der Waals surface area contributed by atoms with Crippen molar-refractivity contribution < 1.29 is 9.53 Å². The molecule has 1 aromatic carbocycles. The van der Waals surface area contributed by atoms with Crippen LogP contribution in [0.5, 0.6) is 5.75 Å². The van der Waals surface area contributed by atoms with Crippen molar-refractivity contribution in [3.05, 3.63) is 23.8 Å². The van der Waals surface area contributed by atoms with Crippen molar-refractivity contribution in [2.24, 2.45) is 11.7 Å². The summed E-state index contributed by atoms with van der Waals surface area (Å²) in [5.74, 6) is 1.57. The number of hydrogen-bond donors (Lipinski definition) is 2. The van der Waals surface area contributed by atoms with Crippen molar-refractivity contribution in [1.29, 1.82) is 0 Å². The highest BCUT2D eigenvalue weighted by Crippen LogP contribution is 2.35. The normalized spacial score (nSPS) is 12.3. The van der Waals surface area contributed by atoms with Crippen LogP contribution in [0, 0.1) is 5.92 Å². The smallest absolute Gasteiger partial charge is 0.221 e. The summed E-state index contributed by atoms with van der Waals surface area (Å²) >= 11 is 0. The molecule has 3 N–H and O–H groups in total. The van der Waals surface area contributed by atoms with Gasteiger partial charge in [0.25, 0.3) is 0 Å². The third-order valence-corrected chi connectivity index (χ3v) is 3.23. The zero-order valence-electron chi connectivity index (χ0n) is 12.2. The Morgan fingerprint density at radius 1 is 1.42 bits per heavy atom. The maximum atomic E-state index is 11.1. The minimum absolute atomic E-state index is 0.0731. The first-order chi connectivity index (χ1) is 8.99. The lowest BCUT2D eigenvalue weighted by Gasteiger charge is -2.23. The molecule has 0 heterocycles. The summed E-state index contributed by atoms with van der Waals surface area (Å²) < 4.78 is 5.43. The van der Waals surface area contributed by atoms with E-state index in [0.717, 1.165) is 23.4 Å². The highest BCUT2D eigenvalue weighted by Gasteiger charge is 2.19. The molecule has 1 aromatic rings.